The van der Waals surface area contributed by atoms with E-state index in [0.717, 1.165) is 24.1 Å². The Hall–Kier alpha value is -1.88. The van der Waals surface area contributed by atoms with Crippen molar-refractivity contribution < 1.29 is 4.79 Å². The van der Waals surface area contributed by atoms with Gasteiger partial charge in [0.2, 0.25) is 0 Å². The molecule has 5 nitrogen and oxygen atoms in total. The van der Waals surface area contributed by atoms with E-state index in [1.54, 1.807) is 4.68 Å². The van der Waals surface area contributed by atoms with Gasteiger partial charge >= 0.3 is 0 Å². The van der Waals surface area contributed by atoms with Crippen molar-refractivity contribution in [3.05, 3.63) is 40.2 Å². The Balaban J connectivity index is 2.28. The van der Waals surface area contributed by atoms with Gasteiger partial charge in [-0.25, -0.2) is 4.68 Å². The van der Waals surface area contributed by atoms with E-state index in [9.17, 15) is 4.79 Å². The molecular weight excluding hydrogens is 288 g/mol. The van der Waals surface area contributed by atoms with Gasteiger partial charge in [0.05, 0.1) is 11.4 Å². The molecule has 21 heavy (non-hydrogen) atoms. The average molecular weight is 307 g/mol. The van der Waals surface area contributed by atoms with Crippen LogP contribution in [0, 0.1) is 13.8 Å². The first-order valence-corrected chi connectivity index (χ1v) is 7.40. The number of halogens is 1. The second kappa shape index (κ2) is 6.72. The highest BCUT2D eigenvalue weighted by Crippen LogP contribution is 2.23. The largest absolute Gasteiger partial charge is 0.351 e. The lowest BCUT2D eigenvalue weighted by atomic mass is 10.2. The van der Waals surface area contributed by atoms with Crippen molar-refractivity contribution in [3.63, 3.8) is 0 Å². The third-order valence-corrected chi connectivity index (χ3v) is 3.80. The number of rotatable bonds is 5. The summed E-state index contributed by atoms with van der Waals surface area (Å²) in [6, 6.07) is 5.58. The zero-order valence-electron chi connectivity index (χ0n) is 12.5. The molecule has 1 amide bonds. The fraction of sp³-hybridized carbons (Fsp3) is 0.400. The molecule has 0 aliphatic carbocycles. The van der Waals surface area contributed by atoms with Crippen LogP contribution in [-0.4, -0.2) is 27.4 Å². The molecule has 0 bridgehead atoms. The Kier molecular flexibility index (Phi) is 4.96. The summed E-state index contributed by atoms with van der Waals surface area (Å²) < 4.78 is 1.65. The molecule has 0 spiro atoms. The summed E-state index contributed by atoms with van der Waals surface area (Å²) in [6.07, 6.45) is 1.99. The van der Waals surface area contributed by atoms with Gasteiger partial charge in [0.15, 0.2) is 5.69 Å². The first-order valence-electron chi connectivity index (χ1n) is 7.02. The molecule has 1 aromatic heterocycles. The van der Waals surface area contributed by atoms with Crippen molar-refractivity contribution in [1.82, 2.24) is 20.3 Å². The van der Waals surface area contributed by atoms with E-state index in [-0.39, 0.29) is 5.91 Å². The highest BCUT2D eigenvalue weighted by Gasteiger charge is 2.18. The van der Waals surface area contributed by atoms with Crippen molar-refractivity contribution in [2.24, 2.45) is 0 Å². The standard InChI is InChI=1S/C15H19ClN4O/c1-4-5-9-17-15(21)14-11(3)20(19-18-14)13-8-6-7-12(16)10(13)2/h6-8H,4-5,9H2,1-3H3,(H,17,21). The highest BCUT2D eigenvalue weighted by atomic mass is 35.5. The smallest absolute Gasteiger partial charge is 0.273 e. The van der Waals surface area contributed by atoms with Crippen molar-refractivity contribution in [3.8, 4) is 5.69 Å². The molecule has 2 aromatic rings. The predicted octanol–water partition coefficient (Wildman–Crippen LogP) is 3.07. The third-order valence-electron chi connectivity index (χ3n) is 3.39. The number of amides is 1. The lowest BCUT2D eigenvalue weighted by Crippen LogP contribution is -2.25. The van der Waals surface area contributed by atoms with E-state index in [1.165, 1.54) is 0 Å². The van der Waals surface area contributed by atoms with Gasteiger partial charge in [-0.3, -0.25) is 4.79 Å². The number of aromatic nitrogens is 3. The van der Waals surface area contributed by atoms with Crippen molar-refractivity contribution in [2.75, 3.05) is 6.54 Å². The molecule has 0 atom stereocenters. The monoisotopic (exact) mass is 306 g/mol. The first kappa shape index (κ1) is 15.5. The van der Waals surface area contributed by atoms with E-state index in [4.69, 9.17) is 11.6 Å². The molecule has 1 heterocycles. The molecule has 0 fully saturated rings. The minimum Gasteiger partial charge on any atom is -0.351 e. The third kappa shape index (κ3) is 3.24. The highest BCUT2D eigenvalue weighted by molar-refractivity contribution is 6.31. The summed E-state index contributed by atoms with van der Waals surface area (Å²) in [5.41, 5.74) is 2.80. The second-order valence-corrected chi connectivity index (χ2v) is 5.34. The maximum Gasteiger partial charge on any atom is 0.273 e. The lowest BCUT2D eigenvalue weighted by Gasteiger charge is -2.08. The van der Waals surface area contributed by atoms with Gasteiger partial charge in [0, 0.05) is 11.6 Å². The second-order valence-electron chi connectivity index (χ2n) is 4.93. The van der Waals surface area contributed by atoms with E-state index in [0.29, 0.717) is 23.0 Å². The van der Waals surface area contributed by atoms with Gasteiger partial charge in [-0.05, 0) is 38.0 Å². The summed E-state index contributed by atoms with van der Waals surface area (Å²) in [6.45, 7) is 6.47. The molecule has 112 valence electrons. The van der Waals surface area contributed by atoms with Gasteiger partial charge in [-0.2, -0.15) is 0 Å². The summed E-state index contributed by atoms with van der Waals surface area (Å²) in [5.74, 6) is -0.188. The van der Waals surface area contributed by atoms with Crippen molar-refractivity contribution in [1.29, 1.82) is 0 Å². The van der Waals surface area contributed by atoms with Crippen molar-refractivity contribution in [2.45, 2.75) is 33.6 Å². The van der Waals surface area contributed by atoms with Crippen molar-refractivity contribution >= 4 is 17.5 Å². The maximum atomic E-state index is 12.1. The summed E-state index contributed by atoms with van der Waals surface area (Å²) in [7, 11) is 0. The number of nitrogens with zero attached hydrogens (tertiary/aromatic N) is 3. The number of carbonyl (C=O) groups excluding carboxylic acids is 1. The first-order chi connectivity index (χ1) is 10.1. The number of unbranched alkanes of at least 4 members (excludes halogenated alkanes) is 1. The fourth-order valence-corrected chi connectivity index (χ4v) is 2.23. The van der Waals surface area contributed by atoms with Crippen LogP contribution < -0.4 is 5.32 Å². The molecule has 0 radical (unpaired) electrons. The Bertz CT molecular complexity index is 651. The average Bonchev–Trinajstić information content (AvgIpc) is 2.84. The van der Waals surface area contributed by atoms with Gasteiger partial charge in [0.1, 0.15) is 0 Å². The minimum atomic E-state index is -0.188. The number of benzene rings is 1. The van der Waals surface area contributed by atoms with Crippen LogP contribution in [0.3, 0.4) is 0 Å². The number of hydrogen-bond donors (Lipinski definition) is 1. The van der Waals surface area contributed by atoms with Crippen LogP contribution in [0.4, 0.5) is 0 Å². The van der Waals surface area contributed by atoms with Gasteiger partial charge in [-0.1, -0.05) is 36.2 Å². The molecule has 0 aliphatic rings. The Labute approximate surface area is 129 Å². The topological polar surface area (TPSA) is 59.8 Å². The quantitative estimate of drug-likeness (QED) is 0.864. The van der Waals surface area contributed by atoms with Gasteiger partial charge in [0.25, 0.3) is 5.91 Å². The molecule has 1 N–H and O–H groups in total. The molecule has 6 heteroatoms. The SMILES string of the molecule is CCCCNC(=O)c1nnn(-c2cccc(Cl)c2C)c1C. The van der Waals surface area contributed by atoms with Crippen LogP contribution in [-0.2, 0) is 0 Å². The van der Waals surface area contributed by atoms with Crippen LogP contribution in [0.2, 0.25) is 5.02 Å². The zero-order valence-corrected chi connectivity index (χ0v) is 13.2. The number of nitrogens with one attached hydrogen (secondary N) is 1. The molecule has 2 rings (SSSR count). The Morgan fingerprint density at radius 3 is 2.86 bits per heavy atom. The van der Waals surface area contributed by atoms with Crippen LogP contribution in [0.1, 0.15) is 41.5 Å². The van der Waals surface area contributed by atoms with E-state index >= 15 is 0 Å². The van der Waals surface area contributed by atoms with Gasteiger partial charge < -0.3 is 5.32 Å². The zero-order chi connectivity index (χ0) is 15.4. The molecule has 0 saturated carbocycles. The van der Waals surface area contributed by atoms with Crippen LogP contribution in [0.5, 0.6) is 0 Å². The Morgan fingerprint density at radius 1 is 1.38 bits per heavy atom. The maximum absolute atomic E-state index is 12.1. The normalized spacial score (nSPS) is 10.7. The van der Waals surface area contributed by atoms with Gasteiger partial charge in [-0.15, -0.1) is 5.10 Å². The Morgan fingerprint density at radius 2 is 2.14 bits per heavy atom. The fourth-order valence-electron chi connectivity index (χ4n) is 2.06. The van der Waals surface area contributed by atoms with E-state index < -0.39 is 0 Å². The molecule has 0 unspecified atom stereocenters. The lowest BCUT2D eigenvalue weighted by molar-refractivity contribution is 0.0947. The molecule has 1 aromatic carbocycles. The number of carbonyl (C=O) groups is 1. The summed E-state index contributed by atoms with van der Waals surface area (Å²) in [5, 5.41) is 11.6. The van der Waals surface area contributed by atoms with Crippen LogP contribution in [0.25, 0.3) is 5.69 Å². The summed E-state index contributed by atoms with van der Waals surface area (Å²) in [4.78, 5) is 12.1. The van der Waals surface area contributed by atoms with E-state index in [1.807, 2.05) is 32.0 Å². The van der Waals surface area contributed by atoms with Crippen LogP contribution >= 0.6 is 11.6 Å². The van der Waals surface area contributed by atoms with E-state index in [2.05, 4.69) is 22.6 Å². The summed E-state index contributed by atoms with van der Waals surface area (Å²) >= 11 is 6.13. The predicted molar refractivity (Wildman–Crippen MR) is 83.1 cm³/mol. The molecule has 0 aliphatic heterocycles. The number of hydrogen-bond acceptors (Lipinski definition) is 3. The molecule has 0 saturated heterocycles. The van der Waals surface area contributed by atoms with Crippen LogP contribution in [0.15, 0.2) is 18.2 Å². The molecular formula is C15H19ClN4O. The minimum absolute atomic E-state index is 0.188.